The Labute approximate surface area is 102 Å². The lowest BCUT2D eigenvalue weighted by Gasteiger charge is -2.28. The fourth-order valence-corrected chi connectivity index (χ4v) is 2.47. The molecular formula is C12H18ClN3. The molecule has 1 aliphatic rings. The summed E-state index contributed by atoms with van der Waals surface area (Å²) >= 11 is 5.93. The van der Waals surface area contributed by atoms with Gasteiger partial charge in [0.2, 0.25) is 0 Å². The van der Waals surface area contributed by atoms with Crippen LogP contribution in [0.5, 0.6) is 0 Å². The van der Waals surface area contributed by atoms with Crippen LogP contribution in [0.25, 0.3) is 0 Å². The Balaban J connectivity index is 2.13. The summed E-state index contributed by atoms with van der Waals surface area (Å²) in [5.74, 6) is 1.01. The smallest absolute Gasteiger partial charge is 0.131 e. The summed E-state index contributed by atoms with van der Waals surface area (Å²) in [4.78, 5) is 8.98. The van der Waals surface area contributed by atoms with E-state index in [-0.39, 0.29) is 0 Å². The normalized spacial score (nSPS) is 20.8. The predicted octanol–water partition coefficient (Wildman–Crippen LogP) is 2.27. The maximum atomic E-state index is 5.93. The zero-order valence-electron chi connectivity index (χ0n) is 9.86. The third-order valence-electron chi connectivity index (χ3n) is 2.95. The van der Waals surface area contributed by atoms with E-state index in [1.54, 1.807) is 0 Å². The van der Waals surface area contributed by atoms with E-state index in [1.807, 2.05) is 18.2 Å². The minimum absolute atomic E-state index is 0.570. The van der Waals surface area contributed by atoms with Crippen molar-refractivity contribution in [2.24, 2.45) is 0 Å². The van der Waals surface area contributed by atoms with Gasteiger partial charge in [-0.05, 0) is 39.1 Å². The van der Waals surface area contributed by atoms with Crippen molar-refractivity contribution >= 4 is 17.4 Å². The second-order valence-corrected chi connectivity index (χ2v) is 4.96. The summed E-state index contributed by atoms with van der Waals surface area (Å²) in [6, 6.07) is 6.40. The molecule has 4 heteroatoms. The molecule has 0 aromatic carbocycles. The zero-order valence-corrected chi connectivity index (χ0v) is 10.6. The Bertz CT molecular complexity index is 354. The van der Waals surface area contributed by atoms with Crippen molar-refractivity contribution in [3.63, 3.8) is 0 Å². The van der Waals surface area contributed by atoms with Gasteiger partial charge in [-0.3, -0.25) is 0 Å². The van der Waals surface area contributed by atoms with Crippen molar-refractivity contribution in [1.82, 2.24) is 9.88 Å². The zero-order chi connectivity index (χ0) is 11.5. The van der Waals surface area contributed by atoms with Crippen molar-refractivity contribution in [3.05, 3.63) is 23.4 Å². The molecule has 1 saturated heterocycles. The summed E-state index contributed by atoms with van der Waals surface area (Å²) < 4.78 is 0. The van der Waals surface area contributed by atoms with Crippen LogP contribution in [-0.4, -0.2) is 43.1 Å². The summed E-state index contributed by atoms with van der Waals surface area (Å²) in [5, 5.41) is 0.577. The Hall–Kier alpha value is -0.800. The van der Waals surface area contributed by atoms with Gasteiger partial charge in [-0.15, -0.1) is 0 Å². The fourth-order valence-electron chi connectivity index (χ4n) is 2.31. The Morgan fingerprint density at radius 2 is 2.31 bits per heavy atom. The molecule has 2 rings (SSSR count). The van der Waals surface area contributed by atoms with Gasteiger partial charge in [0.05, 0.1) is 0 Å². The summed E-state index contributed by atoms with van der Waals surface area (Å²) in [5.41, 5.74) is 0. The van der Waals surface area contributed by atoms with Crippen LogP contribution in [0, 0.1) is 0 Å². The maximum Gasteiger partial charge on any atom is 0.131 e. The fraction of sp³-hybridized carbons (Fsp3) is 0.583. The lowest BCUT2D eigenvalue weighted by molar-refractivity contribution is 0.371. The summed E-state index contributed by atoms with van der Waals surface area (Å²) in [6.45, 7) is 2.17. The molecule has 3 nitrogen and oxygen atoms in total. The molecule has 1 aliphatic heterocycles. The highest BCUT2D eigenvalue weighted by Gasteiger charge is 2.25. The number of halogens is 1. The van der Waals surface area contributed by atoms with Gasteiger partial charge >= 0.3 is 0 Å². The number of nitrogens with zero attached hydrogens (tertiary/aromatic N) is 3. The molecule has 1 atom stereocenters. The Kier molecular flexibility index (Phi) is 3.66. The van der Waals surface area contributed by atoms with Crippen molar-refractivity contribution in [1.29, 1.82) is 0 Å². The number of likely N-dealkylation sites (N-methyl/N-ethyl adjacent to an activating group) is 1. The van der Waals surface area contributed by atoms with E-state index in [2.05, 4.69) is 28.9 Å². The van der Waals surface area contributed by atoms with Gasteiger partial charge in [0.25, 0.3) is 0 Å². The SMILES string of the molecule is CN(C)CC1CCCN1c1cccc(Cl)n1. The number of hydrogen-bond donors (Lipinski definition) is 0. The molecule has 1 unspecified atom stereocenters. The molecule has 0 N–H and O–H groups in total. The first kappa shape index (κ1) is 11.7. The van der Waals surface area contributed by atoms with Crippen LogP contribution in [0.15, 0.2) is 18.2 Å². The van der Waals surface area contributed by atoms with E-state index < -0.39 is 0 Å². The van der Waals surface area contributed by atoms with Crippen LogP contribution in [-0.2, 0) is 0 Å². The van der Waals surface area contributed by atoms with Crippen LogP contribution >= 0.6 is 11.6 Å². The predicted molar refractivity (Wildman–Crippen MR) is 68.2 cm³/mol. The largest absolute Gasteiger partial charge is 0.352 e. The molecular weight excluding hydrogens is 222 g/mol. The first-order valence-electron chi connectivity index (χ1n) is 5.71. The lowest BCUT2D eigenvalue weighted by Crippen LogP contribution is -2.37. The highest BCUT2D eigenvalue weighted by Crippen LogP contribution is 2.25. The molecule has 16 heavy (non-hydrogen) atoms. The minimum atomic E-state index is 0.570. The second-order valence-electron chi connectivity index (χ2n) is 4.57. The number of pyridine rings is 1. The van der Waals surface area contributed by atoms with Gasteiger partial charge in [0.15, 0.2) is 0 Å². The highest BCUT2D eigenvalue weighted by molar-refractivity contribution is 6.29. The van der Waals surface area contributed by atoms with Crippen LogP contribution < -0.4 is 4.90 Å². The van der Waals surface area contributed by atoms with E-state index >= 15 is 0 Å². The number of rotatable bonds is 3. The minimum Gasteiger partial charge on any atom is -0.352 e. The van der Waals surface area contributed by atoms with Gasteiger partial charge < -0.3 is 9.80 Å². The van der Waals surface area contributed by atoms with Gasteiger partial charge in [-0.25, -0.2) is 4.98 Å². The Morgan fingerprint density at radius 1 is 1.50 bits per heavy atom. The van der Waals surface area contributed by atoms with E-state index in [9.17, 15) is 0 Å². The van der Waals surface area contributed by atoms with Crippen LogP contribution in [0.2, 0.25) is 5.15 Å². The van der Waals surface area contributed by atoms with Crippen molar-refractivity contribution < 1.29 is 0 Å². The molecule has 0 bridgehead atoms. The highest BCUT2D eigenvalue weighted by atomic mass is 35.5. The van der Waals surface area contributed by atoms with E-state index in [1.165, 1.54) is 12.8 Å². The van der Waals surface area contributed by atoms with Gasteiger partial charge in [0.1, 0.15) is 11.0 Å². The van der Waals surface area contributed by atoms with E-state index in [0.717, 1.165) is 18.9 Å². The van der Waals surface area contributed by atoms with E-state index in [4.69, 9.17) is 11.6 Å². The Morgan fingerprint density at radius 3 is 3.00 bits per heavy atom. The van der Waals surface area contributed by atoms with Gasteiger partial charge in [0, 0.05) is 19.1 Å². The molecule has 2 heterocycles. The van der Waals surface area contributed by atoms with Gasteiger partial charge in [-0.2, -0.15) is 0 Å². The molecule has 1 aromatic rings. The monoisotopic (exact) mass is 239 g/mol. The van der Waals surface area contributed by atoms with Crippen molar-refractivity contribution in [2.45, 2.75) is 18.9 Å². The first-order valence-corrected chi connectivity index (χ1v) is 6.08. The number of aromatic nitrogens is 1. The van der Waals surface area contributed by atoms with Crippen molar-refractivity contribution in [3.8, 4) is 0 Å². The molecule has 0 saturated carbocycles. The standard InChI is InChI=1S/C12H18ClN3/c1-15(2)9-10-5-4-8-16(10)12-7-3-6-11(13)14-12/h3,6-7,10H,4-5,8-9H2,1-2H3. The average Bonchev–Trinajstić information content (AvgIpc) is 2.65. The van der Waals surface area contributed by atoms with Crippen LogP contribution in [0.3, 0.4) is 0 Å². The van der Waals surface area contributed by atoms with Crippen LogP contribution in [0.4, 0.5) is 5.82 Å². The summed E-state index contributed by atoms with van der Waals surface area (Å²) in [7, 11) is 4.23. The molecule has 0 amide bonds. The number of anilines is 1. The summed E-state index contributed by atoms with van der Waals surface area (Å²) in [6.07, 6.45) is 2.49. The molecule has 88 valence electrons. The van der Waals surface area contributed by atoms with Crippen LogP contribution in [0.1, 0.15) is 12.8 Å². The van der Waals surface area contributed by atoms with Gasteiger partial charge in [-0.1, -0.05) is 17.7 Å². The van der Waals surface area contributed by atoms with E-state index in [0.29, 0.717) is 11.2 Å². The third kappa shape index (κ3) is 2.66. The maximum absolute atomic E-state index is 5.93. The second kappa shape index (κ2) is 5.02. The molecule has 0 spiro atoms. The molecule has 0 radical (unpaired) electrons. The topological polar surface area (TPSA) is 19.4 Å². The average molecular weight is 240 g/mol. The first-order chi connectivity index (χ1) is 7.66. The molecule has 1 aromatic heterocycles. The molecule has 0 aliphatic carbocycles. The van der Waals surface area contributed by atoms with Crippen molar-refractivity contribution in [2.75, 3.05) is 32.1 Å². The molecule has 1 fully saturated rings. The number of hydrogen-bond acceptors (Lipinski definition) is 3. The quantitative estimate of drug-likeness (QED) is 0.755. The third-order valence-corrected chi connectivity index (χ3v) is 3.16. The lowest BCUT2D eigenvalue weighted by atomic mass is 10.2.